The molecule has 0 radical (unpaired) electrons. The molecule has 1 aromatic carbocycles. The van der Waals surface area contributed by atoms with Crippen LogP contribution < -0.4 is 5.73 Å². The van der Waals surface area contributed by atoms with E-state index in [1.54, 1.807) is 4.31 Å². The van der Waals surface area contributed by atoms with Crippen LogP contribution in [0.15, 0.2) is 35.4 Å². The predicted octanol–water partition coefficient (Wildman–Crippen LogP) is 2.32. The normalized spacial score (nSPS) is 17.4. The van der Waals surface area contributed by atoms with E-state index in [1.807, 2.05) is 30.3 Å². The summed E-state index contributed by atoms with van der Waals surface area (Å²) in [5.74, 6) is 0.406. The van der Waals surface area contributed by atoms with Gasteiger partial charge in [0.25, 0.3) is 0 Å². The third-order valence-corrected chi connectivity index (χ3v) is 6.66. The van der Waals surface area contributed by atoms with Gasteiger partial charge in [0.2, 0.25) is 10.0 Å². The molecule has 1 fully saturated rings. The maximum absolute atomic E-state index is 12.4. The topological polar surface area (TPSA) is 121 Å². The smallest absolute Gasteiger partial charge is 0.216 e. The number of hydrogen-bond acceptors (Lipinski definition) is 5. The van der Waals surface area contributed by atoms with E-state index in [1.165, 1.54) is 0 Å². The molecule has 0 bridgehead atoms. The van der Waals surface area contributed by atoms with Gasteiger partial charge in [0.05, 0.1) is 19.0 Å². The molecule has 0 unspecified atom stereocenters. The molecular weight excluding hydrogens is 366 g/mol. The van der Waals surface area contributed by atoms with Crippen LogP contribution in [0.5, 0.6) is 0 Å². The molecule has 1 aliphatic heterocycles. The van der Waals surface area contributed by atoms with E-state index in [0.29, 0.717) is 38.6 Å². The first-order valence-electron chi connectivity index (χ1n) is 9.37. The zero-order valence-corrected chi connectivity index (χ0v) is 16.4. The second-order valence-corrected chi connectivity index (χ2v) is 9.01. The van der Waals surface area contributed by atoms with E-state index in [4.69, 9.17) is 16.0 Å². The number of hydrogen-bond donors (Lipinski definition) is 1. The van der Waals surface area contributed by atoms with Crippen LogP contribution in [0.4, 0.5) is 0 Å². The quantitative estimate of drug-likeness (QED) is 0.267. The van der Waals surface area contributed by atoms with Crippen molar-refractivity contribution in [2.24, 2.45) is 16.8 Å². The van der Waals surface area contributed by atoms with Crippen LogP contribution in [-0.2, 0) is 21.2 Å². The predicted molar refractivity (Wildman–Crippen MR) is 106 cm³/mol. The van der Waals surface area contributed by atoms with Crippen molar-refractivity contribution in [3.63, 3.8) is 0 Å². The zero-order valence-electron chi connectivity index (χ0n) is 15.6. The van der Waals surface area contributed by atoms with E-state index in [0.717, 1.165) is 24.8 Å². The van der Waals surface area contributed by atoms with Gasteiger partial charge in [0.1, 0.15) is 0 Å². The van der Waals surface area contributed by atoms with Crippen molar-refractivity contribution in [3.05, 3.63) is 46.3 Å². The van der Waals surface area contributed by atoms with Crippen LogP contribution in [0.25, 0.3) is 10.4 Å². The molecule has 1 aliphatic rings. The lowest BCUT2D eigenvalue weighted by Crippen LogP contribution is -2.40. The number of piperidine rings is 1. The largest absolute Gasteiger partial charge is 0.379 e. The van der Waals surface area contributed by atoms with Crippen molar-refractivity contribution >= 4 is 10.0 Å². The lowest BCUT2D eigenvalue weighted by Gasteiger charge is -2.31. The number of rotatable bonds is 11. The van der Waals surface area contributed by atoms with Crippen molar-refractivity contribution < 1.29 is 13.2 Å². The Morgan fingerprint density at radius 1 is 1.30 bits per heavy atom. The maximum atomic E-state index is 12.4. The Bertz CT molecular complexity index is 699. The Hall–Kier alpha value is -1.64. The molecule has 0 amide bonds. The van der Waals surface area contributed by atoms with Crippen LogP contribution in [-0.4, -0.2) is 57.4 Å². The van der Waals surface area contributed by atoms with E-state index in [-0.39, 0.29) is 18.4 Å². The summed E-state index contributed by atoms with van der Waals surface area (Å²) < 4.78 is 31.9. The monoisotopic (exact) mass is 395 g/mol. The second kappa shape index (κ2) is 11.3. The molecule has 0 spiro atoms. The Labute approximate surface area is 161 Å². The highest BCUT2D eigenvalue weighted by Crippen LogP contribution is 2.22. The van der Waals surface area contributed by atoms with Gasteiger partial charge in [0, 0.05) is 30.6 Å². The summed E-state index contributed by atoms with van der Waals surface area (Å²) in [4.78, 5) is 2.75. The van der Waals surface area contributed by atoms with Crippen molar-refractivity contribution in [3.8, 4) is 0 Å². The molecule has 1 aromatic rings. The van der Waals surface area contributed by atoms with Crippen LogP contribution in [0.2, 0.25) is 0 Å². The van der Waals surface area contributed by atoms with Crippen molar-refractivity contribution in [2.75, 3.05) is 38.6 Å². The third kappa shape index (κ3) is 7.86. The number of sulfonamides is 1. The molecule has 0 saturated carbocycles. The van der Waals surface area contributed by atoms with Gasteiger partial charge in [-0.1, -0.05) is 35.4 Å². The molecule has 1 heterocycles. The fourth-order valence-corrected chi connectivity index (χ4v) is 4.62. The Morgan fingerprint density at radius 3 is 2.67 bits per heavy atom. The zero-order chi connectivity index (χ0) is 19.5. The van der Waals surface area contributed by atoms with Crippen LogP contribution in [0, 0.1) is 5.92 Å². The minimum absolute atomic E-state index is 0.0194. The Balaban J connectivity index is 1.64. The summed E-state index contributed by atoms with van der Waals surface area (Å²) in [6, 6.07) is 9.77. The van der Waals surface area contributed by atoms with Crippen LogP contribution in [0.3, 0.4) is 0 Å². The molecule has 8 nitrogen and oxygen atoms in total. The van der Waals surface area contributed by atoms with Gasteiger partial charge in [-0.15, -0.1) is 0 Å². The highest BCUT2D eigenvalue weighted by atomic mass is 32.2. The summed E-state index contributed by atoms with van der Waals surface area (Å²) in [6.45, 7) is 2.02. The van der Waals surface area contributed by atoms with Crippen molar-refractivity contribution in [2.45, 2.75) is 31.7 Å². The van der Waals surface area contributed by atoms with E-state index < -0.39 is 10.0 Å². The van der Waals surface area contributed by atoms with Gasteiger partial charge < -0.3 is 10.5 Å². The molecule has 9 heteroatoms. The third-order valence-electron chi connectivity index (χ3n) is 4.83. The number of ether oxygens (including phenoxy) is 1. The summed E-state index contributed by atoms with van der Waals surface area (Å²) in [6.07, 6.45) is 3.14. The molecule has 2 rings (SSSR count). The lowest BCUT2D eigenvalue weighted by atomic mass is 9.95. The second-order valence-electron chi connectivity index (χ2n) is 6.93. The molecule has 0 aromatic heterocycles. The minimum atomic E-state index is -3.30. The van der Waals surface area contributed by atoms with Crippen molar-refractivity contribution in [1.29, 1.82) is 0 Å². The molecule has 1 atom stereocenters. The van der Waals surface area contributed by atoms with Gasteiger partial charge in [-0.05, 0) is 42.7 Å². The van der Waals surface area contributed by atoms with E-state index in [9.17, 15) is 8.42 Å². The first-order chi connectivity index (χ1) is 13.0. The fourth-order valence-electron chi connectivity index (χ4n) is 3.26. The number of nitrogens with two attached hydrogens (primary N) is 1. The average molecular weight is 396 g/mol. The maximum Gasteiger partial charge on any atom is 0.216 e. The lowest BCUT2D eigenvalue weighted by molar-refractivity contribution is 0.133. The highest BCUT2D eigenvalue weighted by molar-refractivity contribution is 7.89. The van der Waals surface area contributed by atoms with Gasteiger partial charge >= 0.3 is 0 Å². The fraction of sp³-hybridized carbons (Fsp3) is 0.667. The SMILES string of the molecule is [N-]=[N+]=NCCC1CCN(S(=O)(=O)CCOC[C@@H](N)Cc2ccccc2)CC1. The first kappa shape index (κ1) is 21.7. The highest BCUT2D eigenvalue weighted by Gasteiger charge is 2.27. The summed E-state index contributed by atoms with van der Waals surface area (Å²) >= 11 is 0. The summed E-state index contributed by atoms with van der Waals surface area (Å²) in [5.41, 5.74) is 15.5. The summed E-state index contributed by atoms with van der Waals surface area (Å²) in [7, 11) is -3.30. The van der Waals surface area contributed by atoms with E-state index in [2.05, 4.69) is 10.0 Å². The molecule has 1 saturated heterocycles. The van der Waals surface area contributed by atoms with Crippen molar-refractivity contribution in [1.82, 2.24) is 4.31 Å². The molecule has 2 N–H and O–H groups in total. The summed E-state index contributed by atoms with van der Waals surface area (Å²) in [5, 5.41) is 3.55. The van der Waals surface area contributed by atoms with Gasteiger partial charge in [-0.3, -0.25) is 0 Å². The Morgan fingerprint density at radius 2 is 2.00 bits per heavy atom. The van der Waals surface area contributed by atoms with E-state index >= 15 is 0 Å². The Kier molecular flexibility index (Phi) is 9.03. The molecule has 0 aliphatic carbocycles. The minimum Gasteiger partial charge on any atom is -0.379 e. The number of benzene rings is 1. The van der Waals surface area contributed by atoms with Crippen LogP contribution in [0.1, 0.15) is 24.8 Å². The average Bonchev–Trinajstić information content (AvgIpc) is 2.67. The first-order valence-corrected chi connectivity index (χ1v) is 11.0. The molecular formula is C18H29N5O3S. The van der Waals surface area contributed by atoms with Gasteiger partial charge in [0.15, 0.2) is 0 Å². The number of azide groups is 1. The van der Waals surface area contributed by atoms with Gasteiger partial charge in [-0.25, -0.2) is 12.7 Å². The molecule has 150 valence electrons. The standard InChI is InChI=1S/C18H29N5O3S/c19-18(14-17-4-2-1-3-5-17)15-26-12-13-27(24,25)23-10-7-16(8-11-23)6-9-21-22-20/h1-5,16,18H,6-15,19H2/t18-/m0/s1. The molecule has 27 heavy (non-hydrogen) atoms. The van der Waals surface area contributed by atoms with Crippen LogP contribution >= 0.6 is 0 Å². The van der Waals surface area contributed by atoms with Gasteiger partial charge in [-0.2, -0.15) is 0 Å². The number of nitrogens with zero attached hydrogens (tertiary/aromatic N) is 4.